The molecule has 4 aromatic rings. The maximum atomic E-state index is 13.9. The molecule has 3 heterocycles. The van der Waals surface area contributed by atoms with Gasteiger partial charge in [-0.2, -0.15) is 13.2 Å². The Hall–Kier alpha value is -4.27. The summed E-state index contributed by atoms with van der Waals surface area (Å²) in [5.41, 5.74) is 3.04. The Balaban J connectivity index is 1.44. The number of rotatable bonds is 7. The molecule has 206 valence electrons. The van der Waals surface area contributed by atoms with Gasteiger partial charge in [0.15, 0.2) is 0 Å². The molecule has 1 aliphatic heterocycles. The number of carbonyl (C=O) groups is 2. The van der Waals surface area contributed by atoms with E-state index in [4.69, 9.17) is 0 Å². The highest BCUT2D eigenvalue weighted by atomic mass is 19.4. The quantitative estimate of drug-likeness (QED) is 0.313. The molecule has 2 atom stereocenters. The summed E-state index contributed by atoms with van der Waals surface area (Å²) in [6, 6.07) is 20.9. The van der Waals surface area contributed by atoms with Crippen molar-refractivity contribution in [3.05, 3.63) is 108 Å². The van der Waals surface area contributed by atoms with Gasteiger partial charge in [-0.15, -0.1) is 0 Å². The van der Waals surface area contributed by atoms with Gasteiger partial charge in [0, 0.05) is 49.1 Å². The number of alkyl halides is 3. The smallest absolute Gasteiger partial charge is 0.339 e. The van der Waals surface area contributed by atoms with Gasteiger partial charge in [-0.3, -0.25) is 19.6 Å². The van der Waals surface area contributed by atoms with E-state index in [1.165, 1.54) is 0 Å². The standard InChI is InChI=1S/C31H29F3N4O2/c32-31(33,34)30(40)38(21-24-12-16-36-28-9-5-4-8-27(24)28)25-13-17-37(29(39)19-23-10-14-35-15-11-23)26(20-25)18-22-6-2-1-3-7-22/h1-12,14-16,25-26H,13,17-21H2. The van der Waals surface area contributed by atoms with Crippen molar-refractivity contribution in [1.82, 2.24) is 19.8 Å². The molecule has 0 N–H and O–H groups in total. The highest BCUT2D eigenvalue weighted by molar-refractivity contribution is 5.85. The maximum Gasteiger partial charge on any atom is 0.471 e. The summed E-state index contributed by atoms with van der Waals surface area (Å²) in [6.07, 6.45) is 0.913. The Labute approximate surface area is 230 Å². The zero-order chi connectivity index (χ0) is 28.1. The molecular formula is C31H29F3N4O2. The Morgan fingerprint density at radius 1 is 0.900 bits per heavy atom. The summed E-state index contributed by atoms with van der Waals surface area (Å²) in [7, 11) is 0. The molecule has 0 saturated carbocycles. The first-order valence-electron chi connectivity index (χ1n) is 13.2. The van der Waals surface area contributed by atoms with Gasteiger partial charge < -0.3 is 9.80 Å². The molecule has 5 rings (SSSR count). The Morgan fingerprint density at radius 2 is 1.62 bits per heavy atom. The fourth-order valence-corrected chi connectivity index (χ4v) is 5.50. The average Bonchev–Trinajstić information content (AvgIpc) is 2.96. The van der Waals surface area contributed by atoms with Gasteiger partial charge in [0.2, 0.25) is 5.91 Å². The van der Waals surface area contributed by atoms with Crippen molar-refractivity contribution >= 4 is 22.7 Å². The van der Waals surface area contributed by atoms with E-state index in [2.05, 4.69) is 9.97 Å². The van der Waals surface area contributed by atoms with Crippen LogP contribution in [0.2, 0.25) is 0 Å². The van der Waals surface area contributed by atoms with Crippen molar-refractivity contribution in [2.45, 2.75) is 50.5 Å². The van der Waals surface area contributed by atoms with Crippen LogP contribution < -0.4 is 0 Å². The number of aromatic nitrogens is 2. The van der Waals surface area contributed by atoms with E-state index >= 15 is 0 Å². The van der Waals surface area contributed by atoms with Gasteiger partial charge in [-0.1, -0.05) is 48.5 Å². The van der Waals surface area contributed by atoms with Gasteiger partial charge in [0.05, 0.1) is 11.9 Å². The summed E-state index contributed by atoms with van der Waals surface area (Å²) in [5, 5.41) is 0.704. The van der Waals surface area contributed by atoms with Crippen LogP contribution in [0.1, 0.15) is 29.5 Å². The minimum absolute atomic E-state index is 0.0978. The molecule has 40 heavy (non-hydrogen) atoms. The second kappa shape index (κ2) is 11.9. The third-order valence-electron chi connectivity index (χ3n) is 7.45. The Bertz CT molecular complexity index is 1460. The number of halogens is 3. The monoisotopic (exact) mass is 546 g/mol. The molecule has 1 aliphatic rings. The van der Waals surface area contributed by atoms with Gasteiger partial charge in [-0.25, -0.2) is 0 Å². The number of piperidine rings is 1. The molecule has 9 heteroatoms. The average molecular weight is 547 g/mol. The third-order valence-corrected chi connectivity index (χ3v) is 7.45. The summed E-state index contributed by atoms with van der Waals surface area (Å²) in [6.45, 7) is 0.0554. The van der Waals surface area contributed by atoms with Crippen LogP contribution in [-0.2, 0) is 29.0 Å². The molecule has 1 fully saturated rings. The summed E-state index contributed by atoms with van der Waals surface area (Å²) in [4.78, 5) is 37.3. The lowest BCUT2D eigenvalue weighted by Crippen LogP contribution is -2.56. The van der Waals surface area contributed by atoms with E-state index in [-0.39, 0.29) is 44.3 Å². The van der Waals surface area contributed by atoms with E-state index in [1.54, 1.807) is 59.9 Å². The number of carbonyl (C=O) groups excluding carboxylic acids is 2. The minimum atomic E-state index is -5.02. The first-order valence-corrected chi connectivity index (χ1v) is 13.2. The van der Waals surface area contributed by atoms with Crippen LogP contribution in [0.4, 0.5) is 13.2 Å². The fourth-order valence-electron chi connectivity index (χ4n) is 5.50. The van der Waals surface area contributed by atoms with Crippen molar-refractivity contribution < 1.29 is 22.8 Å². The number of para-hydroxylation sites is 1. The number of benzene rings is 2. The van der Waals surface area contributed by atoms with E-state index in [0.29, 0.717) is 22.9 Å². The molecule has 2 unspecified atom stereocenters. The molecule has 0 radical (unpaired) electrons. The maximum absolute atomic E-state index is 13.9. The van der Waals surface area contributed by atoms with E-state index < -0.39 is 18.1 Å². The first-order chi connectivity index (χ1) is 19.3. The zero-order valence-corrected chi connectivity index (χ0v) is 21.8. The van der Waals surface area contributed by atoms with E-state index in [0.717, 1.165) is 16.0 Å². The summed E-state index contributed by atoms with van der Waals surface area (Å²) in [5.74, 6) is -1.96. The van der Waals surface area contributed by atoms with Crippen molar-refractivity contribution in [2.75, 3.05) is 6.54 Å². The van der Waals surface area contributed by atoms with Crippen LogP contribution in [0, 0.1) is 0 Å². The lowest BCUT2D eigenvalue weighted by atomic mass is 9.90. The van der Waals surface area contributed by atoms with Crippen LogP contribution in [0.25, 0.3) is 10.9 Å². The normalized spacial score (nSPS) is 17.5. The van der Waals surface area contributed by atoms with Crippen LogP contribution in [0.15, 0.2) is 91.4 Å². The minimum Gasteiger partial charge on any atom is -0.339 e. The Kier molecular flexibility index (Phi) is 8.09. The number of hydrogen-bond donors (Lipinski definition) is 0. The van der Waals surface area contributed by atoms with E-state index in [9.17, 15) is 22.8 Å². The number of likely N-dealkylation sites (tertiary alicyclic amines) is 1. The number of hydrogen-bond acceptors (Lipinski definition) is 4. The van der Waals surface area contributed by atoms with Gasteiger partial charge in [-0.05, 0) is 60.2 Å². The third kappa shape index (κ3) is 6.30. The summed E-state index contributed by atoms with van der Waals surface area (Å²) >= 11 is 0. The fraction of sp³-hybridized carbons (Fsp3) is 0.290. The van der Waals surface area contributed by atoms with E-state index in [1.807, 2.05) is 36.4 Å². The number of fused-ring (bicyclic) bond motifs is 1. The van der Waals surface area contributed by atoms with Gasteiger partial charge >= 0.3 is 12.1 Å². The van der Waals surface area contributed by atoms with Gasteiger partial charge in [0.1, 0.15) is 0 Å². The molecule has 0 bridgehead atoms. The number of amides is 2. The summed E-state index contributed by atoms with van der Waals surface area (Å²) < 4.78 is 41.7. The molecule has 0 aliphatic carbocycles. The lowest BCUT2D eigenvalue weighted by molar-refractivity contribution is -0.190. The second-order valence-electron chi connectivity index (χ2n) is 10.1. The molecule has 2 aromatic carbocycles. The van der Waals surface area contributed by atoms with Crippen LogP contribution in [0.3, 0.4) is 0 Å². The zero-order valence-electron chi connectivity index (χ0n) is 21.8. The van der Waals surface area contributed by atoms with Crippen molar-refractivity contribution in [2.24, 2.45) is 0 Å². The van der Waals surface area contributed by atoms with Crippen molar-refractivity contribution in [1.29, 1.82) is 0 Å². The lowest BCUT2D eigenvalue weighted by Gasteiger charge is -2.44. The molecule has 2 amide bonds. The predicted molar refractivity (Wildman–Crippen MR) is 145 cm³/mol. The van der Waals surface area contributed by atoms with Gasteiger partial charge in [0.25, 0.3) is 0 Å². The molecular weight excluding hydrogens is 517 g/mol. The van der Waals surface area contributed by atoms with Crippen LogP contribution in [-0.4, -0.2) is 56.4 Å². The highest BCUT2D eigenvalue weighted by Gasteiger charge is 2.46. The molecule has 6 nitrogen and oxygen atoms in total. The van der Waals surface area contributed by atoms with Crippen molar-refractivity contribution in [3.63, 3.8) is 0 Å². The van der Waals surface area contributed by atoms with Crippen molar-refractivity contribution in [3.8, 4) is 0 Å². The molecule has 2 aromatic heterocycles. The highest BCUT2D eigenvalue weighted by Crippen LogP contribution is 2.31. The first kappa shape index (κ1) is 27.3. The molecule has 0 spiro atoms. The Morgan fingerprint density at radius 3 is 2.38 bits per heavy atom. The molecule has 1 saturated heterocycles. The number of pyridine rings is 2. The second-order valence-corrected chi connectivity index (χ2v) is 10.1. The largest absolute Gasteiger partial charge is 0.471 e. The van der Waals surface area contributed by atoms with Crippen LogP contribution in [0.5, 0.6) is 0 Å². The SMILES string of the molecule is O=C(Cc1ccncc1)N1CCC(N(Cc2ccnc3ccccc23)C(=O)C(F)(F)F)CC1Cc1ccccc1. The topological polar surface area (TPSA) is 66.4 Å². The van der Waals surface area contributed by atoms with Crippen LogP contribution >= 0.6 is 0 Å². The predicted octanol–water partition coefficient (Wildman–Crippen LogP) is 5.37. The number of nitrogens with zero attached hydrogens (tertiary/aromatic N) is 4.